The molecule has 5 heteroatoms. The summed E-state index contributed by atoms with van der Waals surface area (Å²) in [6, 6.07) is 0. The van der Waals surface area contributed by atoms with Crippen molar-refractivity contribution in [2.75, 3.05) is 0 Å². The Morgan fingerprint density at radius 1 is 1.44 bits per heavy atom. The van der Waals surface area contributed by atoms with Crippen LogP contribution in [0.15, 0.2) is 13.6 Å². The summed E-state index contributed by atoms with van der Waals surface area (Å²) in [7, 11) is 0. The molecule has 0 spiro atoms. The topological polar surface area (TPSA) is 26.0 Å². The van der Waals surface area contributed by atoms with E-state index in [1.807, 2.05) is 0 Å². The maximum atomic E-state index is 4.85. The van der Waals surface area contributed by atoms with Gasteiger partial charge in [0.05, 0.1) is 9.80 Å². The van der Waals surface area contributed by atoms with Gasteiger partial charge < -0.3 is 4.52 Å². The van der Waals surface area contributed by atoms with E-state index >= 15 is 0 Å². The number of alkyl halides is 1. The Bertz CT molecular complexity index is 210. The van der Waals surface area contributed by atoms with Crippen molar-refractivity contribution in [3.8, 4) is 0 Å². The highest BCUT2D eigenvalue weighted by Gasteiger charge is 2.08. The molecule has 0 atom stereocenters. The lowest BCUT2D eigenvalue weighted by atomic mass is 10.5. The van der Waals surface area contributed by atoms with Gasteiger partial charge in [-0.15, -0.1) is 0 Å². The molecule has 0 aliphatic heterocycles. The highest BCUT2D eigenvalue weighted by atomic mass is 79.9. The van der Waals surface area contributed by atoms with Crippen LogP contribution in [0.4, 0.5) is 0 Å². The molecule has 1 aromatic rings. The lowest BCUT2D eigenvalue weighted by Gasteiger charge is -1.82. The average molecular weight is 320 g/mol. The van der Waals surface area contributed by atoms with Crippen molar-refractivity contribution in [3.63, 3.8) is 0 Å². The van der Waals surface area contributed by atoms with Crippen LogP contribution in [0.5, 0.6) is 0 Å². The highest BCUT2D eigenvalue weighted by molar-refractivity contribution is 9.13. The van der Waals surface area contributed by atoms with Gasteiger partial charge in [0.25, 0.3) is 0 Å². The Balaban J connectivity index is 3.04. The Morgan fingerprint density at radius 2 is 2.11 bits per heavy atom. The van der Waals surface area contributed by atoms with Crippen LogP contribution in [0.3, 0.4) is 0 Å². The largest absolute Gasteiger partial charge is 0.358 e. The molecule has 0 aromatic carbocycles. The first kappa shape index (κ1) is 7.75. The molecule has 0 fully saturated rings. The summed E-state index contributed by atoms with van der Waals surface area (Å²) in [5.74, 6) is 0.793. The molecule has 0 bridgehead atoms. The van der Waals surface area contributed by atoms with E-state index in [4.69, 9.17) is 4.52 Å². The molecular formula is C4H2Br3NO. The minimum absolute atomic E-state index is 0.673. The number of aromatic nitrogens is 1. The van der Waals surface area contributed by atoms with E-state index in [1.54, 1.807) is 0 Å². The van der Waals surface area contributed by atoms with Crippen molar-refractivity contribution in [2.24, 2.45) is 0 Å². The molecule has 2 nitrogen and oxygen atoms in total. The second-order valence-electron chi connectivity index (χ2n) is 1.34. The first-order valence-corrected chi connectivity index (χ1v) is 4.82. The van der Waals surface area contributed by atoms with E-state index in [9.17, 15) is 0 Å². The molecule has 0 unspecified atom stereocenters. The highest BCUT2D eigenvalue weighted by Crippen LogP contribution is 2.26. The molecule has 0 amide bonds. The van der Waals surface area contributed by atoms with Gasteiger partial charge in [0.1, 0.15) is 0 Å². The SMILES string of the molecule is BrCc1onc(Br)c1Br. The van der Waals surface area contributed by atoms with Gasteiger partial charge in [0.15, 0.2) is 10.4 Å². The monoisotopic (exact) mass is 317 g/mol. The van der Waals surface area contributed by atoms with Gasteiger partial charge in [0.2, 0.25) is 0 Å². The Labute approximate surface area is 77.4 Å². The van der Waals surface area contributed by atoms with Crippen LogP contribution in [0.1, 0.15) is 5.76 Å². The fourth-order valence-corrected chi connectivity index (χ4v) is 1.71. The molecular weight excluding hydrogens is 318 g/mol. The number of hydrogen-bond donors (Lipinski definition) is 0. The summed E-state index contributed by atoms with van der Waals surface area (Å²) in [6.07, 6.45) is 0. The van der Waals surface area contributed by atoms with E-state index in [0.717, 1.165) is 10.2 Å². The Kier molecular flexibility index (Phi) is 2.73. The summed E-state index contributed by atoms with van der Waals surface area (Å²) in [4.78, 5) is 0. The smallest absolute Gasteiger partial charge is 0.163 e. The van der Waals surface area contributed by atoms with E-state index in [-0.39, 0.29) is 0 Å². The van der Waals surface area contributed by atoms with Crippen LogP contribution in [0.25, 0.3) is 0 Å². The molecule has 0 radical (unpaired) electrons. The van der Waals surface area contributed by atoms with Gasteiger partial charge >= 0.3 is 0 Å². The van der Waals surface area contributed by atoms with Crippen LogP contribution in [-0.2, 0) is 5.33 Å². The average Bonchev–Trinajstić information content (AvgIpc) is 2.15. The third-order valence-corrected chi connectivity index (χ3v) is 3.18. The van der Waals surface area contributed by atoms with Crippen molar-refractivity contribution in [1.82, 2.24) is 5.16 Å². The van der Waals surface area contributed by atoms with Crippen molar-refractivity contribution < 1.29 is 4.52 Å². The minimum Gasteiger partial charge on any atom is -0.358 e. The van der Waals surface area contributed by atoms with Gasteiger partial charge in [0, 0.05) is 0 Å². The maximum Gasteiger partial charge on any atom is 0.163 e. The van der Waals surface area contributed by atoms with E-state index in [2.05, 4.69) is 52.9 Å². The second-order valence-corrected chi connectivity index (χ2v) is 3.45. The van der Waals surface area contributed by atoms with Gasteiger partial charge in [-0.3, -0.25) is 0 Å². The lowest BCUT2D eigenvalue weighted by molar-refractivity contribution is 0.391. The van der Waals surface area contributed by atoms with Crippen molar-refractivity contribution in [2.45, 2.75) is 5.33 Å². The molecule has 50 valence electrons. The predicted molar refractivity (Wildman–Crippen MR) is 44.5 cm³/mol. The number of rotatable bonds is 1. The molecule has 1 rings (SSSR count). The van der Waals surface area contributed by atoms with Crippen LogP contribution in [-0.4, -0.2) is 5.16 Å². The molecule has 0 N–H and O–H groups in total. The molecule has 1 aromatic heterocycles. The zero-order chi connectivity index (χ0) is 6.85. The second kappa shape index (κ2) is 3.16. The van der Waals surface area contributed by atoms with Crippen LogP contribution < -0.4 is 0 Å². The summed E-state index contributed by atoms with van der Waals surface area (Å²) in [5.41, 5.74) is 0. The molecule has 0 saturated carbocycles. The van der Waals surface area contributed by atoms with Crippen LogP contribution in [0.2, 0.25) is 0 Å². The summed E-state index contributed by atoms with van der Waals surface area (Å²) < 4.78 is 6.43. The van der Waals surface area contributed by atoms with Crippen molar-refractivity contribution in [1.29, 1.82) is 0 Å². The van der Waals surface area contributed by atoms with Crippen LogP contribution in [0, 0.1) is 0 Å². The minimum atomic E-state index is 0.673. The number of hydrogen-bond acceptors (Lipinski definition) is 2. The molecule has 0 aliphatic carbocycles. The number of halogens is 3. The number of nitrogens with zero attached hydrogens (tertiary/aromatic N) is 1. The Hall–Kier alpha value is 0.650. The van der Waals surface area contributed by atoms with Gasteiger partial charge in [-0.25, -0.2) is 0 Å². The fourth-order valence-electron chi connectivity index (χ4n) is 0.373. The first-order valence-electron chi connectivity index (χ1n) is 2.11. The van der Waals surface area contributed by atoms with Gasteiger partial charge in [-0.1, -0.05) is 21.1 Å². The van der Waals surface area contributed by atoms with Crippen LogP contribution >= 0.6 is 47.8 Å². The quantitative estimate of drug-likeness (QED) is 0.743. The van der Waals surface area contributed by atoms with Crippen molar-refractivity contribution >= 4 is 47.8 Å². The normalized spacial score (nSPS) is 10.1. The third kappa shape index (κ3) is 1.56. The standard InChI is InChI=1S/C4H2Br3NO/c5-1-2-3(6)4(7)8-9-2/h1H2. The summed E-state index contributed by atoms with van der Waals surface area (Å²) in [6.45, 7) is 0. The fraction of sp³-hybridized carbons (Fsp3) is 0.250. The lowest BCUT2D eigenvalue weighted by Crippen LogP contribution is -1.68. The van der Waals surface area contributed by atoms with E-state index < -0.39 is 0 Å². The zero-order valence-corrected chi connectivity index (χ0v) is 8.95. The molecule has 0 aliphatic rings. The Morgan fingerprint density at radius 3 is 2.33 bits per heavy atom. The molecule has 0 saturated heterocycles. The maximum absolute atomic E-state index is 4.85. The summed E-state index contributed by atoms with van der Waals surface area (Å²) in [5, 5.41) is 4.32. The summed E-state index contributed by atoms with van der Waals surface area (Å²) >= 11 is 9.70. The molecule has 1 heterocycles. The van der Waals surface area contributed by atoms with E-state index in [0.29, 0.717) is 9.93 Å². The third-order valence-electron chi connectivity index (χ3n) is 0.783. The zero-order valence-electron chi connectivity index (χ0n) is 4.20. The van der Waals surface area contributed by atoms with Gasteiger partial charge in [-0.2, -0.15) is 0 Å². The van der Waals surface area contributed by atoms with Crippen molar-refractivity contribution in [3.05, 3.63) is 14.8 Å². The predicted octanol–water partition coefficient (Wildman–Crippen LogP) is 3.09. The van der Waals surface area contributed by atoms with E-state index in [1.165, 1.54) is 0 Å². The first-order chi connectivity index (χ1) is 4.25. The molecule has 9 heavy (non-hydrogen) atoms. The van der Waals surface area contributed by atoms with Gasteiger partial charge in [-0.05, 0) is 31.9 Å².